The van der Waals surface area contributed by atoms with Gasteiger partial charge in [-0.1, -0.05) is 18.2 Å². The van der Waals surface area contributed by atoms with Crippen LogP contribution in [0.5, 0.6) is 5.75 Å². The summed E-state index contributed by atoms with van der Waals surface area (Å²) in [5, 5.41) is 2.85. The van der Waals surface area contributed by atoms with E-state index in [1.807, 2.05) is 0 Å². The molecule has 4 rings (SSSR count). The van der Waals surface area contributed by atoms with Crippen LogP contribution in [0.4, 0.5) is 24.7 Å². The van der Waals surface area contributed by atoms with Gasteiger partial charge in [0.05, 0.1) is 6.20 Å². The number of carbonyl (C=O) groups excluding carboxylic acids is 1. The first kappa shape index (κ1) is 18.5. The summed E-state index contributed by atoms with van der Waals surface area (Å²) in [4.78, 5) is 23.0. The topological polar surface area (TPSA) is 67.4 Å². The van der Waals surface area contributed by atoms with Crippen molar-refractivity contribution in [3.05, 3.63) is 42.4 Å². The monoisotopic (exact) mass is 392 g/mol. The van der Waals surface area contributed by atoms with Gasteiger partial charge in [0.2, 0.25) is 5.91 Å². The normalized spacial score (nSPS) is 21.5. The molecule has 1 N–H and O–H groups in total. The van der Waals surface area contributed by atoms with Gasteiger partial charge in [0.25, 0.3) is 0 Å². The number of nitrogens with one attached hydrogen (secondary N) is 1. The van der Waals surface area contributed by atoms with E-state index >= 15 is 0 Å². The van der Waals surface area contributed by atoms with E-state index < -0.39 is 12.3 Å². The fraction of sp³-hybridized carbons (Fsp3) is 0.421. The number of halogens is 3. The first-order valence-corrected chi connectivity index (χ1v) is 9.13. The summed E-state index contributed by atoms with van der Waals surface area (Å²) in [6, 6.07) is 5.96. The van der Waals surface area contributed by atoms with Gasteiger partial charge in [-0.2, -0.15) is 0 Å². The summed E-state index contributed by atoms with van der Waals surface area (Å²) < 4.78 is 42.0. The van der Waals surface area contributed by atoms with Gasteiger partial charge in [0, 0.05) is 19.0 Å². The highest BCUT2D eigenvalue weighted by Gasteiger charge is 2.46. The Balaban J connectivity index is 1.47. The number of hydrogen-bond donors (Lipinski definition) is 1. The van der Waals surface area contributed by atoms with Crippen LogP contribution in [-0.2, 0) is 4.79 Å². The molecule has 1 saturated carbocycles. The van der Waals surface area contributed by atoms with Crippen molar-refractivity contribution in [2.75, 3.05) is 23.3 Å². The molecule has 9 heteroatoms. The van der Waals surface area contributed by atoms with Gasteiger partial charge in [0.15, 0.2) is 5.82 Å². The lowest BCUT2D eigenvalue weighted by Crippen LogP contribution is -2.23. The van der Waals surface area contributed by atoms with Crippen molar-refractivity contribution in [1.29, 1.82) is 0 Å². The van der Waals surface area contributed by atoms with Crippen LogP contribution >= 0.6 is 0 Å². The molecular formula is C19H19F3N4O2. The quantitative estimate of drug-likeness (QED) is 0.840. The second-order valence-corrected chi connectivity index (χ2v) is 6.98. The van der Waals surface area contributed by atoms with Crippen LogP contribution < -0.4 is 15.0 Å². The van der Waals surface area contributed by atoms with E-state index in [0.29, 0.717) is 23.5 Å². The zero-order valence-electron chi connectivity index (χ0n) is 14.9. The SMILES string of the molecule is O=C(Nc1cncnc1N1CCCC1)C1CC1c1ccccc1OC(F)(F)F. The van der Waals surface area contributed by atoms with Crippen LogP contribution in [0.25, 0.3) is 0 Å². The highest BCUT2D eigenvalue weighted by atomic mass is 19.4. The molecule has 2 aromatic rings. The Kier molecular flexibility index (Phi) is 4.82. The summed E-state index contributed by atoms with van der Waals surface area (Å²) in [6.45, 7) is 1.74. The predicted octanol–water partition coefficient (Wildman–Crippen LogP) is 3.72. The zero-order valence-corrected chi connectivity index (χ0v) is 14.9. The average molecular weight is 392 g/mol. The van der Waals surface area contributed by atoms with Gasteiger partial charge < -0.3 is 15.0 Å². The lowest BCUT2D eigenvalue weighted by atomic mass is 10.1. The molecule has 2 heterocycles. The molecule has 6 nitrogen and oxygen atoms in total. The first-order chi connectivity index (χ1) is 13.4. The van der Waals surface area contributed by atoms with Crippen molar-refractivity contribution < 1.29 is 22.7 Å². The Morgan fingerprint density at radius 3 is 2.71 bits per heavy atom. The molecule has 2 atom stereocenters. The standard InChI is InChI=1S/C19H19F3N4O2/c20-19(21,22)28-16-6-2-1-5-12(16)13-9-14(13)18(27)25-15-10-23-11-24-17(15)26-7-3-4-8-26/h1-2,5-6,10-11,13-14H,3-4,7-9H2,(H,25,27). The Labute approximate surface area is 159 Å². The molecule has 28 heavy (non-hydrogen) atoms. The number of para-hydroxylation sites is 1. The van der Waals surface area contributed by atoms with Crippen LogP contribution in [0, 0.1) is 5.92 Å². The fourth-order valence-electron chi connectivity index (χ4n) is 3.65. The molecule has 0 bridgehead atoms. The van der Waals surface area contributed by atoms with Crippen LogP contribution in [0.3, 0.4) is 0 Å². The Bertz CT molecular complexity index is 868. The minimum Gasteiger partial charge on any atom is -0.405 e. The molecule has 1 saturated heterocycles. The van der Waals surface area contributed by atoms with Crippen molar-refractivity contribution in [2.45, 2.75) is 31.5 Å². The highest BCUT2D eigenvalue weighted by Crippen LogP contribution is 2.51. The summed E-state index contributed by atoms with van der Waals surface area (Å²) >= 11 is 0. The molecule has 0 spiro atoms. The van der Waals surface area contributed by atoms with Gasteiger partial charge in [0.1, 0.15) is 17.8 Å². The smallest absolute Gasteiger partial charge is 0.405 e. The summed E-state index contributed by atoms with van der Waals surface area (Å²) in [5.74, 6) is -0.542. The van der Waals surface area contributed by atoms with Gasteiger partial charge in [-0.25, -0.2) is 9.97 Å². The number of rotatable bonds is 5. The number of ether oxygens (including phenoxy) is 1. The molecule has 2 aliphatic rings. The first-order valence-electron chi connectivity index (χ1n) is 9.13. The van der Waals surface area contributed by atoms with Crippen molar-refractivity contribution in [3.63, 3.8) is 0 Å². The molecule has 1 aliphatic carbocycles. The van der Waals surface area contributed by atoms with Gasteiger partial charge >= 0.3 is 6.36 Å². The Morgan fingerprint density at radius 2 is 1.96 bits per heavy atom. The van der Waals surface area contributed by atoms with E-state index in [4.69, 9.17) is 0 Å². The summed E-state index contributed by atoms with van der Waals surface area (Å²) in [6.07, 6.45) is 0.826. The van der Waals surface area contributed by atoms with Gasteiger partial charge in [-0.15, -0.1) is 13.2 Å². The van der Waals surface area contributed by atoms with E-state index in [9.17, 15) is 18.0 Å². The van der Waals surface area contributed by atoms with Crippen LogP contribution in [0.15, 0.2) is 36.8 Å². The van der Waals surface area contributed by atoms with Crippen molar-refractivity contribution >= 4 is 17.4 Å². The van der Waals surface area contributed by atoms with E-state index in [-0.39, 0.29) is 17.6 Å². The number of hydrogen-bond acceptors (Lipinski definition) is 5. The molecule has 148 valence electrons. The lowest BCUT2D eigenvalue weighted by Gasteiger charge is -2.19. The van der Waals surface area contributed by atoms with E-state index in [1.54, 1.807) is 18.3 Å². The van der Waals surface area contributed by atoms with Crippen LogP contribution in [0.1, 0.15) is 30.7 Å². The largest absolute Gasteiger partial charge is 0.573 e. The van der Waals surface area contributed by atoms with Crippen molar-refractivity contribution in [3.8, 4) is 5.75 Å². The Morgan fingerprint density at radius 1 is 1.21 bits per heavy atom. The summed E-state index contributed by atoms with van der Waals surface area (Å²) in [7, 11) is 0. The maximum atomic E-state index is 12.7. The van der Waals surface area contributed by atoms with Gasteiger partial charge in [-0.3, -0.25) is 4.79 Å². The number of amides is 1. The summed E-state index contributed by atoms with van der Waals surface area (Å²) in [5.41, 5.74) is 0.920. The number of aromatic nitrogens is 2. The molecule has 1 amide bonds. The predicted molar refractivity (Wildman–Crippen MR) is 96.1 cm³/mol. The molecule has 2 fully saturated rings. The highest BCUT2D eigenvalue weighted by molar-refractivity contribution is 5.97. The number of anilines is 2. The second kappa shape index (κ2) is 7.29. The molecule has 1 aromatic carbocycles. The van der Waals surface area contributed by atoms with E-state index in [1.165, 1.54) is 18.5 Å². The minimum absolute atomic E-state index is 0.248. The maximum Gasteiger partial charge on any atom is 0.573 e. The van der Waals surface area contributed by atoms with Crippen LogP contribution in [0.2, 0.25) is 0 Å². The average Bonchev–Trinajstić information content (AvgIpc) is 3.26. The second-order valence-electron chi connectivity index (χ2n) is 6.98. The third kappa shape index (κ3) is 4.02. The molecule has 0 radical (unpaired) electrons. The van der Waals surface area contributed by atoms with Crippen molar-refractivity contribution in [2.24, 2.45) is 5.92 Å². The molecule has 1 aromatic heterocycles. The van der Waals surface area contributed by atoms with Crippen LogP contribution in [-0.4, -0.2) is 35.3 Å². The third-order valence-corrected chi connectivity index (χ3v) is 5.03. The molecular weight excluding hydrogens is 373 g/mol. The van der Waals surface area contributed by atoms with E-state index in [2.05, 4.69) is 24.9 Å². The number of alkyl halides is 3. The minimum atomic E-state index is -4.77. The number of carbonyl (C=O) groups is 1. The third-order valence-electron chi connectivity index (χ3n) is 5.03. The zero-order chi connectivity index (χ0) is 19.7. The Hall–Kier alpha value is -2.84. The maximum absolute atomic E-state index is 12.7. The van der Waals surface area contributed by atoms with E-state index in [0.717, 1.165) is 25.9 Å². The lowest BCUT2D eigenvalue weighted by molar-refractivity contribution is -0.274. The molecule has 1 aliphatic heterocycles. The number of nitrogens with zero attached hydrogens (tertiary/aromatic N) is 3. The van der Waals surface area contributed by atoms with Crippen molar-refractivity contribution in [1.82, 2.24) is 9.97 Å². The van der Waals surface area contributed by atoms with Gasteiger partial charge in [-0.05, 0) is 36.8 Å². The fourth-order valence-corrected chi connectivity index (χ4v) is 3.65. The molecule has 2 unspecified atom stereocenters. The number of benzene rings is 1.